The molecule has 0 fully saturated rings. The van der Waals surface area contributed by atoms with Gasteiger partial charge in [-0.05, 0) is 24.6 Å². The molecule has 2 aromatic rings. The molecule has 120 valence electrons. The van der Waals surface area contributed by atoms with Gasteiger partial charge in [0.2, 0.25) is 0 Å². The van der Waals surface area contributed by atoms with Gasteiger partial charge in [-0.3, -0.25) is 4.79 Å². The monoisotopic (exact) mass is 318 g/mol. The molecule has 0 unspecified atom stereocenters. The Morgan fingerprint density at radius 1 is 1.17 bits per heavy atom. The van der Waals surface area contributed by atoms with Crippen LogP contribution in [0.2, 0.25) is 0 Å². The lowest BCUT2D eigenvalue weighted by Gasteiger charge is -2.15. The third-order valence-electron chi connectivity index (χ3n) is 3.92. The lowest BCUT2D eigenvalue weighted by Crippen LogP contribution is -2.26. The predicted octanol–water partition coefficient (Wildman–Crippen LogP) is 3.89. The van der Waals surface area contributed by atoms with Crippen molar-refractivity contribution >= 4 is 23.2 Å². The molecule has 0 aromatic heterocycles. The number of nitriles is 1. The fraction of sp³-hybridized carbons (Fsp3) is 0.200. The fourth-order valence-electron chi connectivity index (χ4n) is 2.89. The summed E-state index contributed by atoms with van der Waals surface area (Å²) in [5.41, 5.74) is 3.34. The Kier molecular flexibility index (Phi) is 4.62. The number of rotatable bonds is 5. The molecule has 1 heterocycles. The van der Waals surface area contributed by atoms with Crippen molar-refractivity contribution in [3.05, 3.63) is 59.7 Å². The van der Waals surface area contributed by atoms with Gasteiger partial charge in [-0.25, -0.2) is 0 Å². The molecule has 2 aromatic carbocycles. The standard InChI is InChI=1S/C20H18N2O2/c1-2-12-22-18-9-5-4-8-16(18)17(20(22)23)14-15-7-3-6-10-19(15)24-13-11-21/h3-10,14H,2,12-13H2,1H3/b17-14-. The average Bonchev–Trinajstić information content (AvgIpc) is 2.87. The molecule has 1 aliphatic heterocycles. The van der Waals surface area contributed by atoms with E-state index >= 15 is 0 Å². The minimum atomic E-state index is -0.0212. The molecule has 0 saturated carbocycles. The zero-order valence-electron chi connectivity index (χ0n) is 13.5. The van der Waals surface area contributed by atoms with Crippen LogP contribution in [0.15, 0.2) is 48.5 Å². The van der Waals surface area contributed by atoms with Crippen molar-refractivity contribution in [2.75, 3.05) is 18.1 Å². The number of hydrogen-bond acceptors (Lipinski definition) is 3. The van der Waals surface area contributed by atoms with Gasteiger partial charge in [-0.1, -0.05) is 43.3 Å². The largest absolute Gasteiger partial charge is 0.478 e. The van der Waals surface area contributed by atoms with Crippen molar-refractivity contribution in [1.29, 1.82) is 5.26 Å². The molecular weight excluding hydrogens is 300 g/mol. The Morgan fingerprint density at radius 2 is 1.92 bits per heavy atom. The molecule has 0 radical (unpaired) electrons. The van der Waals surface area contributed by atoms with Crippen LogP contribution in [-0.2, 0) is 4.79 Å². The molecule has 24 heavy (non-hydrogen) atoms. The summed E-state index contributed by atoms with van der Waals surface area (Å²) < 4.78 is 5.46. The maximum absolute atomic E-state index is 12.8. The smallest absolute Gasteiger partial charge is 0.258 e. The zero-order chi connectivity index (χ0) is 16.9. The van der Waals surface area contributed by atoms with E-state index < -0.39 is 0 Å². The highest BCUT2D eigenvalue weighted by Crippen LogP contribution is 2.38. The Morgan fingerprint density at radius 3 is 2.71 bits per heavy atom. The van der Waals surface area contributed by atoms with Gasteiger partial charge in [0.15, 0.2) is 6.61 Å². The second-order valence-corrected chi connectivity index (χ2v) is 5.52. The lowest BCUT2D eigenvalue weighted by atomic mass is 10.0. The first-order valence-electron chi connectivity index (χ1n) is 7.98. The van der Waals surface area contributed by atoms with Crippen molar-refractivity contribution in [2.24, 2.45) is 0 Å². The van der Waals surface area contributed by atoms with Gasteiger partial charge >= 0.3 is 0 Å². The van der Waals surface area contributed by atoms with E-state index in [1.165, 1.54) is 0 Å². The van der Waals surface area contributed by atoms with E-state index in [4.69, 9.17) is 10.00 Å². The summed E-state index contributed by atoms with van der Waals surface area (Å²) >= 11 is 0. The van der Waals surface area contributed by atoms with E-state index in [1.807, 2.05) is 59.5 Å². The predicted molar refractivity (Wildman–Crippen MR) is 94.5 cm³/mol. The molecule has 0 spiro atoms. The van der Waals surface area contributed by atoms with E-state index in [9.17, 15) is 4.79 Å². The maximum Gasteiger partial charge on any atom is 0.258 e. The molecule has 4 nitrogen and oxygen atoms in total. The summed E-state index contributed by atoms with van der Waals surface area (Å²) in [5.74, 6) is 0.610. The van der Waals surface area contributed by atoms with Gasteiger partial charge in [-0.15, -0.1) is 0 Å². The maximum atomic E-state index is 12.8. The second kappa shape index (κ2) is 7.01. The van der Waals surface area contributed by atoms with Crippen LogP contribution in [0, 0.1) is 11.3 Å². The van der Waals surface area contributed by atoms with Crippen LogP contribution in [0.25, 0.3) is 11.6 Å². The Balaban J connectivity index is 2.05. The number of nitrogens with zero attached hydrogens (tertiary/aromatic N) is 2. The van der Waals surface area contributed by atoms with E-state index in [2.05, 4.69) is 6.92 Å². The number of para-hydroxylation sites is 2. The zero-order valence-corrected chi connectivity index (χ0v) is 13.5. The average molecular weight is 318 g/mol. The van der Waals surface area contributed by atoms with Gasteiger partial charge in [0, 0.05) is 23.2 Å². The first-order chi connectivity index (χ1) is 11.8. The summed E-state index contributed by atoms with van der Waals surface area (Å²) in [4.78, 5) is 14.7. The van der Waals surface area contributed by atoms with E-state index in [1.54, 1.807) is 6.07 Å². The van der Waals surface area contributed by atoms with Crippen LogP contribution in [-0.4, -0.2) is 19.1 Å². The first-order valence-corrected chi connectivity index (χ1v) is 7.98. The van der Waals surface area contributed by atoms with Crippen LogP contribution >= 0.6 is 0 Å². The normalized spacial score (nSPS) is 14.6. The molecular formula is C20H18N2O2. The minimum Gasteiger partial charge on any atom is -0.478 e. The fourth-order valence-corrected chi connectivity index (χ4v) is 2.89. The Bertz CT molecular complexity index is 834. The minimum absolute atomic E-state index is 0.00753. The van der Waals surface area contributed by atoms with Gasteiger partial charge in [0.1, 0.15) is 11.8 Å². The van der Waals surface area contributed by atoms with E-state index in [0.29, 0.717) is 17.9 Å². The number of ether oxygens (including phenoxy) is 1. The Hall–Kier alpha value is -3.06. The van der Waals surface area contributed by atoms with Crippen molar-refractivity contribution in [1.82, 2.24) is 0 Å². The third kappa shape index (κ3) is 2.89. The number of amides is 1. The summed E-state index contributed by atoms with van der Waals surface area (Å²) in [6.45, 7) is 2.73. The van der Waals surface area contributed by atoms with E-state index in [-0.39, 0.29) is 12.5 Å². The Labute approximate surface area is 141 Å². The van der Waals surface area contributed by atoms with Crippen molar-refractivity contribution in [3.63, 3.8) is 0 Å². The third-order valence-corrected chi connectivity index (χ3v) is 3.92. The topological polar surface area (TPSA) is 53.3 Å². The van der Waals surface area contributed by atoms with Crippen LogP contribution in [0.3, 0.4) is 0 Å². The number of carbonyl (C=O) groups is 1. The molecule has 0 aliphatic carbocycles. The highest BCUT2D eigenvalue weighted by atomic mass is 16.5. The molecule has 0 atom stereocenters. The van der Waals surface area contributed by atoms with Crippen LogP contribution in [0.1, 0.15) is 24.5 Å². The molecule has 0 saturated heterocycles. The van der Waals surface area contributed by atoms with Crippen LogP contribution in [0.4, 0.5) is 5.69 Å². The highest BCUT2D eigenvalue weighted by Gasteiger charge is 2.31. The van der Waals surface area contributed by atoms with Gasteiger partial charge in [0.25, 0.3) is 5.91 Å². The molecule has 3 rings (SSSR count). The molecule has 0 N–H and O–H groups in total. The van der Waals surface area contributed by atoms with Gasteiger partial charge < -0.3 is 9.64 Å². The number of hydrogen-bond donors (Lipinski definition) is 0. The SMILES string of the molecule is CCCN1C(=O)/C(=C\c2ccccc2OCC#N)c2ccccc21. The summed E-state index contributed by atoms with van der Waals surface area (Å²) in [6, 6.07) is 17.2. The first kappa shape index (κ1) is 15.8. The van der Waals surface area contributed by atoms with E-state index in [0.717, 1.165) is 23.2 Å². The second-order valence-electron chi connectivity index (χ2n) is 5.52. The number of benzene rings is 2. The lowest BCUT2D eigenvalue weighted by molar-refractivity contribution is -0.113. The molecule has 4 heteroatoms. The van der Waals surface area contributed by atoms with Crippen molar-refractivity contribution in [2.45, 2.75) is 13.3 Å². The van der Waals surface area contributed by atoms with Gasteiger partial charge in [-0.2, -0.15) is 5.26 Å². The summed E-state index contributed by atoms with van der Waals surface area (Å²) in [7, 11) is 0. The van der Waals surface area contributed by atoms with Crippen molar-refractivity contribution in [3.8, 4) is 11.8 Å². The molecule has 0 bridgehead atoms. The summed E-state index contributed by atoms with van der Waals surface area (Å²) in [5, 5.41) is 8.72. The quantitative estimate of drug-likeness (QED) is 0.786. The number of anilines is 1. The summed E-state index contributed by atoms with van der Waals surface area (Å²) in [6.07, 6.45) is 2.75. The number of carbonyl (C=O) groups excluding carboxylic acids is 1. The molecule has 1 aliphatic rings. The van der Waals surface area contributed by atoms with Crippen LogP contribution < -0.4 is 9.64 Å². The van der Waals surface area contributed by atoms with Crippen molar-refractivity contribution < 1.29 is 9.53 Å². The van der Waals surface area contributed by atoms with Gasteiger partial charge in [0.05, 0.1) is 5.69 Å². The van der Waals surface area contributed by atoms with Crippen LogP contribution in [0.5, 0.6) is 5.75 Å². The highest BCUT2D eigenvalue weighted by molar-refractivity contribution is 6.35. The molecule has 1 amide bonds. The number of fused-ring (bicyclic) bond motifs is 1.